The lowest BCUT2D eigenvalue weighted by Gasteiger charge is -2.39. The number of carbonyl (C=O) groups is 2. The number of carbonyl (C=O) groups excluding carboxylic acids is 2. The maximum atomic E-state index is 14.2. The van der Waals surface area contributed by atoms with Gasteiger partial charge in [0.05, 0.1) is 18.4 Å². The third kappa shape index (κ3) is 2.87. The average molecular weight is 341 g/mol. The van der Waals surface area contributed by atoms with E-state index in [1.165, 1.54) is 23.1 Å². The van der Waals surface area contributed by atoms with E-state index in [4.69, 9.17) is 0 Å². The number of benzene rings is 1. The van der Waals surface area contributed by atoms with Crippen molar-refractivity contribution in [1.29, 1.82) is 0 Å². The van der Waals surface area contributed by atoms with Gasteiger partial charge in [-0.2, -0.15) is 0 Å². The van der Waals surface area contributed by atoms with Crippen LogP contribution >= 0.6 is 0 Å². The molecule has 7 heteroatoms. The number of hydrogen-bond acceptors (Lipinski definition) is 3. The van der Waals surface area contributed by atoms with Gasteiger partial charge < -0.3 is 9.64 Å². The molecule has 1 spiro atoms. The molecule has 0 radical (unpaired) electrons. The Balaban J connectivity index is 1.90. The molecule has 1 aromatic rings. The molecule has 0 unspecified atom stereocenters. The summed E-state index contributed by atoms with van der Waals surface area (Å²) in [4.78, 5) is 26.0. The zero-order valence-electron chi connectivity index (χ0n) is 13.2. The fourth-order valence-corrected chi connectivity index (χ4v) is 3.94. The molecule has 3 rings (SSSR count). The van der Waals surface area contributed by atoms with E-state index in [0.717, 1.165) is 7.11 Å². The standard InChI is InChI=1S/C17H18F3NO3/c1-24-14(22)11-8-16(10-17(19,20)9-11)5-6-21(15(16)23)13-4-2-3-12(18)7-13/h2-4,7,11H,5-6,8-10H2,1H3/t11-,16-/m0/s1. The Morgan fingerprint density at radius 1 is 1.33 bits per heavy atom. The number of nitrogens with zero attached hydrogens (tertiary/aromatic N) is 1. The number of anilines is 1. The maximum absolute atomic E-state index is 14.2. The summed E-state index contributed by atoms with van der Waals surface area (Å²) in [5.74, 6) is -5.80. The van der Waals surface area contributed by atoms with E-state index in [0.29, 0.717) is 5.69 Å². The number of alkyl halides is 2. The van der Waals surface area contributed by atoms with E-state index in [9.17, 15) is 22.8 Å². The Morgan fingerprint density at radius 2 is 2.08 bits per heavy atom. The Morgan fingerprint density at radius 3 is 2.75 bits per heavy atom. The van der Waals surface area contributed by atoms with Gasteiger partial charge in [0.2, 0.25) is 11.8 Å². The second-order valence-electron chi connectivity index (χ2n) is 6.63. The molecule has 2 aliphatic rings. The summed E-state index contributed by atoms with van der Waals surface area (Å²) in [6, 6.07) is 5.49. The number of methoxy groups -OCH3 is 1. The normalized spacial score (nSPS) is 29.1. The van der Waals surface area contributed by atoms with Crippen LogP contribution in [0.3, 0.4) is 0 Å². The summed E-state index contributed by atoms with van der Waals surface area (Å²) in [5.41, 5.74) is -0.951. The Hall–Kier alpha value is -2.05. The summed E-state index contributed by atoms with van der Waals surface area (Å²) >= 11 is 0. The number of ether oxygens (including phenoxy) is 1. The van der Waals surface area contributed by atoms with Gasteiger partial charge in [-0.3, -0.25) is 9.59 Å². The minimum Gasteiger partial charge on any atom is -0.469 e. The second-order valence-corrected chi connectivity index (χ2v) is 6.63. The Labute approximate surface area is 137 Å². The van der Waals surface area contributed by atoms with Crippen molar-refractivity contribution in [3.8, 4) is 0 Å². The van der Waals surface area contributed by atoms with Crippen LogP contribution in [0.4, 0.5) is 18.9 Å². The molecule has 1 amide bonds. The molecule has 1 saturated carbocycles. The third-order valence-corrected chi connectivity index (χ3v) is 4.95. The molecule has 4 nitrogen and oxygen atoms in total. The second kappa shape index (κ2) is 5.79. The Bertz CT molecular complexity index is 679. The molecule has 1 aromatic carbocycles. The van der Waals surface area contributed by atoms with Gasteiger partial charge in [0, 0.05) is 25.1 Å². The monoisotopic (exact) mass is 341 g/mol. The van der Waals surface area contributed by atoms with Crippen LogP contribution in [0.2, 0.25) is 0 Å². The molecule has 1 heterocycles. The SMILES string of the molecule is COC(=O)[C@@H]1CC(F)(F)C[C@]2(CCN(c3cccc(F)c3)C2=O)C1. The van der Waals surface area contributed by atoms with E-state index < -0.39 is 47.8 Å². The van der Waals surface area contributed by atoms with Gasteiger partial charge in [0.15, 0.2) is 0 Å². The summed E-state index contributed by atoms with van der Waals surface area (Å²) in [6.45, 7) is 0.228. The third-order valence-electron chi connectivity index (χ3n) is 4.95. The highest BCUT2D eigenvalue weighted by Gasteiger charge is 2.58. The van der Waals surface area contributed by atoms with Crippen molar-refractivity contribution in [3.63, 3.8) is 0 Å². The minimum atomic E-state index is -3.11. The van der Waals surface area contributed by atoms with Crippen molar-refractivity contribution in [2.75, 3.05) is 18.6 Å². The van der Waals surface area contributed by atoms with Crippen LogP contribution in [0.15, 0.2) is 24.3 Å². The maximum Gasteiger partial charge on any atom is 0.308 e. The first-order chi connectivity index (χ1) is 11.3. The lowest BCUT2D eigenvalue weighted by atomic mass is 9.67. The molecular weight excluding hydrogens is 323 g/mol. The predicted molar refractivity (Wildman–Crippen MR) is 80.1 cm³/mol. The topological polar surface area (TPSA) is 46.6 Å². The fraction of sp³-hybridized carbons (Fsp3) is 0.529. The number of halogens is 3. The van der Waals surface area contributed by atoms with Crippen molar-refractivity contribution in [1.82, 2.24) is 0 Å². The quantitative estimate of drug-likeness (QED) is 0.777. The van der Waals surface area contributed by atoms with E-state index in [1.54, 1.807) is 6.07 Å². The molecular formula is C17H18F3NO3. The van der Waals surface area contributed by atoms with Gasteiger partial charge in [0.25, 0.3) is 0 Å². The van der Waals surface area contributed by atoms with Crippen molar-refractivity contribution < 1.29 is 27.5 Å². The molecule has 0 bridgehead atoms. The molecule has 2 atom stereocenters. The first-order valence-corrected chi connectivity index (χ1v) is 7.80. The summed E-state index contributed by atoms with van der Waals surface area (Å²) in [5, 5.41) is 0. The summed E-state index contributed by atoms with van der Waals surface area (Å²) < 4.78 is 46.4. The van der Waals surface area contributed by atoms with Crippen LogP contribution in [0.1, 0.15) is 25.7 Å². The Kier molecular flexibility index (Phi) is 4.05. The summed E-state index contributed by atoms with van der Waals surface area (Å²) in [6.07, 6.45) is -0.932. The van der Waals surface area contributed by atoms with E-state index in [-0.39, 0.29) is 19.4 Å². The lowest BCUT2D eigenvalue weighted by molar-refractivity contribution is -0.163. The van der Waals surface area contributed by atoms with Gasteiger partial charge in [-0.25, -0.2) is 13.2 Å². The highest BCUT2D eigenvalue weighted by Crippen LogP contribution is 2.53. The van der Waals surface area contributed by atoms with E-state index in [1.807, 2.05) is 0 Å². The number of hydrogen-bond donors (Lipinski definition) is 0. The van der Waals surface area contributed by atoms with Crippen LogP contribution in [0.5, 0.6) is 0 Å². The van der Waals surface area contributed by atoms with Crippen molar-refractivity contribution >= 4 is 17.6 Å². The predicted octanol–water partition coefficient (Wildman–Crippen LogP) is 3.16. The molecule has 130 valence electrons. The van der Waals surface area contributed by atoms with Crippen molar-refractivity contribution in [2.24, 2.45) is 11.3 Å². The van der Waals surface area contributed by atoms with E-state index in [2.05, 4.69) is 4.74 Å². The first-order valence-electron chi connectivity index (χ1n) is 7.80. The van der Waals surface area contributed by atoms with Crippen LogP contribution in [0, 0.1) is 17.2 Å². The average Bonchev–Trinajstić information content (AvgIpc) is 2.81. The molecule has 1 saturated heterocycles. The summed E-state index contributed by atoms with van der Waals surface area (Å²) in [7, 11) is 1.15. The minimum absolute atomic E-state index is 0.0416. The van der Waals surface area contributed by atoms with Crippen molar-refractivity contribution in [2.45, 2.75) is 31.6 Å². The van der Waals surface area contributed by atoms with E-state index >= 15 is 0 Å². The highest BCUT2D eigenvalue weighted by molar-refractivity contribution is 6.00. The zero-order chi connectivity index (χ0) is 17.5. The van der Waals surface area contributed by atoms with Gasteiger partial charge in [-0.15, -0.1) is 0 Å². The van der Waals surface area contributed by atoms with Crippen LogP contribution in [0.25, 0.3) is 0 Å². The lowest BCUT2D eigenvalue weighted by Crippen LogP contribution is -2.47. The van der Waals surface area contributed by atoms with Gasteiger partial charge in [-0.05, 0) is 31.0 Å². The van der Waals surface area contributed by atoms with Gasteiger partial charge in [-0.1, -0.05) is 6.07 Å². The van der Waals surface area contributed by atoms with Crippen LogP contribution in [-0.2, 0) is 14.3 Å². The molecule has 1 aliphatic carbocycles. The molecule has 24 heavy (non-hydrogen) atoms. The molecule has 0 aromatic heterocycles. The first kappa shape index (κ1) is 16.8. The zero-order valence-corrected chi connectivity index (χ0v) is 13.2. The number of rotatable bonds is 2. The van der Waals surface area contributed by atoms with Crippen LogP contribution < -0.4 is 4.90 Å². The molecule has 2 fully saturated rings. The van der Waals surface area contributed by atoms with Crippen molar-refractivity contribution in [3.05, 3.63) is 30.1 Å². The molecule has 1 aliphatic heterocycles. The van der Waals surface area contributed by atoms with Crippen LogP contribution in [-0.4, -0.2) is 31.5 Å². The number of amides is 1. The largest absolute Gasteiger partial charge is 0.469 e. The smallest absolute Gasteiger partial charge is 0.308 e. The van der Waals surface area contributed by atoms with Gasteiger partial charge >= 0.3 is 5.97 Å². The highest BCUT2D eigenvalue weighted by atomic mass is 19.3. The number of esters is 1. The molecule has 0 N–H and O–H groups in total. The van der Waals surface area contributed by atoms with Gasteiger partial charge in [0.1, 0.15) is 5.82 Å². The fourth-order valence-electron chi connectivity index (χ4n) is 3.94.